The molecule has 0 unspecified atom stereocenters. The smallest absolute Gasteiger partial charge is 0.257 e. The highest BCUT2D eigenvalue weighted by molar-refractivity contribution is 5.94. The van der Waals surface area contributed by atoms with Gasteiger partial charge >= 0.3 is 0 Å². The molecule has 6 heteroatoms. The second kappa shape index (κ2) is 5.55. The molecule has 1 atom stereocenters. The average Bonchev–Trinajstić information content (AvgIpc) is 3.07. The van der Waals surface area contributed by atoms with Gasteiger partial charge in [-0.05, 0) is 19.9 Å². The van der Waals surface area contributed by atoms with Gasteiger partial charge in [0.15, 0.2) is 0 Å². The normalized spacial score (nSPS) is 18.0. The molecule has 1 amide bonds. The number of aromatic nitrogens is 2. The number of furan rings is 1. The average molecular weight is 287 g/mol. The van der Waals surface area contributed by atoms with Crippen molar-refractivity contribution in [1.82, 2.24) is 14.9 Å². The van der Waals surface area contributed by atoms with E-state index >= 15 is 0 Å². The fraction of sp³-hybridized carbons (Fsp3) is 0.400. The van der Waals surface area contributed by atoms with E-state index in [0.29, 0.717) is 30.4 Å². The highest BCUT2D eigenvalue weighted by Crippen LogP contribution is 2.19. The molecule has 1 saturated heterocycles. The number of rotatable bonds is 3. The van der Waals surface area contributed by atoms with Crippen molar-refractivity contribution in [2.45, 2.75) is 26.4 Å². The zero-order chi connectivity index (χ0) is 14.8. The van der Waals surface area contributed by atoms with Crippen molar-refractivity contribution in [3.63, 3.8) is 0 Å². The lowest BCUT2D eigenvalue weighted by molar-refractivity contribution is 0.0770. The molecule has 6 nitrogen and oxygen atoms in total. The van der Waals surface area contributed by atoms with Crippen molar-refractivity contribution in [3.8, 4) is 5.88 Å². The number of carbonyl (C=O) groups excluding carboxylic acids is 1. The highest BCUT2D eigenvalue weighted by atomic mass is 16.5. The van der Waals surface area contributed by atoms with E-state index < -0.39 is 0 Å². The molecule has 110 valence electrons. The summed E-state index contributed by atoms with van der Waals surface area (Å²) in [4.78, 5) is 22.5. The number of ether oxygens (including phenoxy) is 1. The number of likely N-dealkylation sites (tertiary alicyclic amines) is 1. The Hall–Kier alpha value is -2.37. The Balaban J connectivity index is 1.63. The zero-order valence-electron chi connectivity index (χ0n) is 12.1. The van der Waals surface area contributed by atoms with Crippen LogP contribution in [0.25, 0.3) is 0 Å². The maximum atomic E-state index is 12.2. The largest absolute Gasteiger partial charge is 0.472 e. The predicted molar refractivity (Wildman–Crippen MR) is 75.2 cm³/mol. The molecule has 21 heavy (non-hydrogen) atoms. The lowest BCUT2D eigenvalue weighted by Gasteiger charge is -2.16. The van der Waals surface area contributed by atoms with Crippen molar-refractivity contribution < 1.29 is 13.9 Å². The molecule has 0 saturated carbocycles. The Labute approximate surface area is 122 Å². The second-order valence-electron chi connectivity index (χ2n) is 5.19. The quantitative estimate of drug-likeness (QED) is 0.863. The van der Waals surface area contributed by atoms with Crippen LogP contribution in [0.15, 0.2) is 29.1 Å². The van der Waals surface area contributed by atoms with Gasteiger partial charge in [0.1, 0.15) is 18.2 Å². The van der Waals surface area contributed by atoms with Crippen LogP contribution in [0.2, 0.25) is 0 Å². The fourth-order valence-electron chi connectivity index (χ4n) is 2.49. The van der Waals surface area contributed by atoms with Crippen LogP contribution in [0.3, 0.4) is 0 Å². The molecule has 1 fully saturated rings. The van der Waals surface area contributed by atoms with Crippen LogP contribution in [0.4, 0.5) is 0 Å². The molecule has 2 aromatic rings. The zero-order valence-corrected chi connectivity index (χ0v) is 12.1. The summed E-state index contributed by atoms with van der Waals surface area (Å²) in [6.45, 7) is 4.98. The minimum atomic E-state index is -0.0328. The van der Waals surface area contributed by atoms with Gasteiger partial charge in [0.05, 0.1) is 18.4 Å². The molecule has 0 N–H and O–H groups in total. The van der Waals surface area contributed by atoms with Gasteiger partial charge in [0.25, 0.3) is 5.91 Å². The van der Waals surface area contributed by atoms with Crippen molar-refractivity contribution >= 4 is 5.91 Å². The molecule has 1 aliphatic heterocycles. The molecule has 1 aliphatic rings. The molecule has 0 bridgehead atoms. The standard InChI is InChI=1S/C15H17N3O3/c1-10-7-14(17-11(2)16-10)21-13-3-5-18(8-13)15(19)12-4-6-20-9-12/h4,6-7,9,13H,3,5,8H2,1-2H3/t13-/m0/s1. The summed E-state index contributed by atoms with van der Waals surface area (Å²) in [6, 6.07) is 3.49. The van der Waals surface area contributed by atoms with Crippen LogP contribution in [-0.4, -0.2) is 40.0 Å². The van der Waals surface area contributed by atoms with E-state index in [-0.39, 0.29) is 12.0 Å². The van der Waals surface area contributed by atoms with Gasteiger partial charge in [-0.25, -0.2) is 4.98 Å². The Morgan fingerprint density at radius 2 is 2.29 bits per heavy atom. The van der Waals surface area contributed by atoms with Crippen LogP contribution in [0.1, 0.15) is 28.3 Å². The summed E-state index contributed by atoms with van der Waals surface area (Å²) in [5.74, 6) is 1.24. The minimum Gasteiger partial charge on any atom is -0.472 e. The summed E-state index contributed by atoms with van der Waals surface area (Å²) in [7, 11) is 0. The number of aryl methyl sites for hydroxylation is 2. The summed E-state index contributed by atoms with van der Waals surface area (Å²) < 4.78 is 10.8. The summed E-state index contributed by atoms with van der Waals surface area (Å²) in [5.41, 5.74) is 1.45. The molecular formula is C15H17N3O3. The second-order valence-corrected chi connectivity index (χ2v) is 5.19. The molecule has 3 rings (SSSR count). The SMILES string of the molecule is Cc1cc(O[C@H]2CCN(C(=O)c3ccoc3)C2)nc(C)n1. The Kier molecular flexibility index (Phi) is 3.60. The summed E-state index contributed by atoms with van der Waals surface area (Å²) in [6.07, 6.45) is 3.73. The first-order valence-corrected chi connectivity index (χ1v) is 6.92. The number of hydrogen-bond donors (Lipinski definition) is 0. The molecule has 0 spiro atoms. The number of carbonyl (C=O) groups is 1. The van der Waals surface area contributed by atoms with Gasteiger partial charge in [-0.1, -0.05) is 0 Å². The first-order valence-electron chi connectivity index (χ1n) is 6.92. The predicted octanol–water partition coefficient (Wildman–Crippen LogP) is 1.98. The van der Waals surface area contributed by atoms with Gasteiger partial charge in [-0.15, -0.1) is 0 Å². The topological polar surface area (TPSA) is 68.5 Å². The number of amides is 1. The minimum absolute atomic E-state index is 0.0232. The third kappa shape index (κ3) is 3.04. The third-order valence-electron chi connectivity index (χ3n) is 3.43. The molecule has 0 aromatic carbocycles. The van der Waals surface area contributed by atoms with Gasteiger partial charge in [0.2, 0.25) is 5.88 Å². The van der Waals surface area contributed by atoms with Crippen LogP contribution >= 0.6 is 0 Å². The molecule has 0 aliphatic carbocycles. The van der Waals surface area contributed by atoms with Crippen molar-refractivity contribution in [3.05, 3.63) is 41.7 Å². The molecular weight excluding hydrogens is 270 g/mol. The van der Waals surface area contributed by atoms with Crippen LogP contribution < -0.4 is 4.74 Å². The van der Waals surface area contributed by atoms with E-state index in [1.165, 1.54) is 12.5 Å². The van der Waals surface area contributed by atoms with Crippen LogP contribution in [0, 0.1) is 13.8 Å². The number of nitrogens with zero attached hydrogens (tertiary/aromatic N) is 3. The van der Waals surface area contributed by atoms with E-state index in [0.717, 1.165) is 12.1 Å². The van der Waals surface area contributed by atoms with Gasteiger partial charge in [-0.2, -0.15) is 4.98 Å². The van der Waals surface area contributed by atoms with E-state index in [2.05, 4.69) is 9.97 Å². The van der Waals surface area contributed by atoms with Crippen LogP contribution in [0.5, 0.6) is 5.88 Å². The summed E-state index contributed by atoms with van der Waals surface area (Å²) in [5, 5.41) is 0. The Morgan fingerprint density at radius 1 is 1.43 bits per heavy atom. The molecule has 3 heterocycles. The van der Waals surface area contributed by atoms with E-state index in [4.69, 9.17) is 9.15 Å². The van der Waals surface area contributed by atoms with Crippen molar-refractivity contribution in [2.24, 2.45) is 0 Å². The lowest BCUT2D eigenvalue weighted by atomic mass is 10.3. The van der Waals surface area contributed by atoms with Gasteiger partial charge < -0.3 is 14.1 Å². The summed E-state index contributed by atoms with van der Waals surface area (Å²) >= 11 is 0. The Bertz CT molecular complexity index is 619. The van der Waals surface area contributed by atoms with E-state index in [1.54, 1.807) is 11.0 Å². The first kappa shape index (κ1) is 13.6. The van der Waals surface area contributed by atoms with Crippen molar-refractivity contribution in [1.29, 1.82) is 0 Å². The lowest BCUT2D eigenvalue weighted by Crippen LogP contribution is -2.30. The molecule has 2 aromatic heterocycles. The van der Waals surface area contributed by atoms with Crippen LogP contribution in [-0.2, 0) is 0 Å². The van der Waals surface area contributed by atoms with E-state index in [9.17, 15) is 4.79 Å². The van der Waals surface area contributed by atoms with Crippen molar-refractivity contribution in [2.75, 3.05) is 13.1 Å². The maximum absolute atomic E-state index is 12.2. The monoisotopic (exact) mass is 287 g/mol. The van der Waals surface area contributed by atoms with Gasteiger partial charge in [0, 0.05) is 24.7 Å². The van der Waals surface area contributed by atoms with E-state index in [1.807, 2.05) is 19.9 Å². The fourth-order valence-corrected chi connectivity index (χ4v) is 2.49. The maximum Gasteiger partial charge on any atom is 0.257 e. The first-order chi connectivity index (χ1) is 10.1. The molecule has 0 radical (unpaired) electrons. The highest BCUT2D eigenvalue weighted by Gasteiger charge is 2.29. The Morgan fingerprint density at radius 3 is 3.00 bits per heavy atom. The third-order valence-corrected chi connectivity index (χ3v) is 3.43. The van der Waals surface area contributed by atoms with Gasteiger partial charge in [-0.3, -0.25) is 4.79 Å². The number of hydrogen-bond acceptors (Lipinski definition) is 5.